The first-order valence-corrected chi connectivity index (χ1v) is 8.51. The Morgan fingerprint density at radius 2 is 1.74 bits per heavy atom. The molecular formula is C18H20N2O2S. The number of hydrogen-bond acceptors (Lipinski definition) is 3. The molecule has 2 N–H and O–H groups in total. The van der Waals surface area contributed by atoms with Gasteiger partial charge in [0.25, 0.3) is 5.91 Å². The molecule has 0 radical (unpaired) electrons. The molecule has 23 heavy (non-hydrogen) atoms. The fourth-order valence-corrected chi connectivity index (χ4v) is 2.73. The van der Waals surface area contributed by atoms with E-state index in [2.05, 4.69) is 10.6 Å². The summed E-state index contributed by atoms with van der Waals surface area (Å²) in [5.74, 6) is -0.495. The third-order valence-electron chi connectivity index (χ3n) is 3.25. The van der Waals surface area contributed by atoms with E-state index in [9.17, 15) is 9.59 Å². The van der Waals surface area contributed by atoms with Gasteiger partial charge in [-0.05, 0) is 50.4 Å². The lowest BCUT2D eigenvalue weighted by Crippen LogP contribution is -2.32. The summed E-state index contributed by atoms with van der Waals surface area (Å²) in [6.07, 6.45) is 1.98. The Hall–Kier alpha value is -2.27. The average molecular weight is 328 g/mol. The Morgan fingerprint density at radius 3 is 2.39 bits per heavy atom. The van der Waals surface area contributed by atoms with Crippen molar-refractivity contribution in [2.75, 3.05) is 18.1 Å². The Morgan fingerprint density at radius 1 is 1.04 bits per heavy atom. The molecule has 0 aliphatic rings. The molecule has 4 nitrogen and oxygen atoms in total. The maximum Gasteiger partial charge on any atom is 0.251 e. The molecule has 0 saturated carbocycles. The number of anilines is 1. The number of carbonyl (C=O) groups excluding carboxylic acids is 2. The van der Waals surface area contributed by atoms with Crippen molar-refractivity contribution < 1.29 is 9.59 Å². The van der Waals surface area contributed by atoms with E-state index in [4.69, 9.17) is 0 Å². The van der Waals surface area contributed by atoms with Gasteiger partial charge in [-0.25, -0.2) is 0 Å². The van der Waals surface area contributed by atoms with E-state index in [1.807, 2.05) is 62.6 Å². The molecule has 0 bridgehead atoms. The van der Waals surface area contributed by atoms with E-state index in [0.717, 1.165) is 21.7 Å². The van der Waals surface area contributed by atoms with E-state index in [1.165, 1.54) is 0 Å². The van der Waals surface area contributed by atoms with Gasteiger partial charge < -0.3 is 10.6 Å². The Kier molecular flexibility index (Phi) is 5.82. The molecule has 120 valence electrons. The highest BCUT2D eigenvalue weighted by Gasteiger charge is 2.09. The third-order valence-corrected chi connectivity index (χ3v) is 3.97. The molecule has 0 heterocycles. The predicted octanol–water partition coefficient (Wildman–Crippen LogP) is 3.39. The molecular weight excluding hydrogens is 308 g/mol. The largest absolute Gasteiger partial charge is 0.343 e. The van der Waals surface area contributed by atoms with Crippen LogP contribution >= 0.6 is 11.8 Å². The summed E-state index contributed by atoms with van der Waals surface area (Å²) in [5.41, 5.74) is 3.34. The number of aryl methyl sites for hydroxylation is 2. The van der Waals surface area contributed by atoms with Crippen LogP contribution in [0.2, 0.25) is 0 Å². The van der Waals surface area contributed by atoms with Crippen molar-refractivity contribution in [3.8, 4) is 0 Å². The number of benzene rings is 2. The fraction of sp³-hybridized carbons (Fsp3) is 0.222. The normalized spacial score (nSPS) is 10.2. The summed E-state index contributed by atoms with van der Waals surface area (Å²) in [4.78, 5) is 25.1. The second kappa shape index (κ2) is 7.83. The molecule has 2 aromatic rings. The summed E-state index contributed by atoms with van der Waals surface area (Å²) in [6.45, 7) is 3.82. The van der Waals surface area contributed by atoms with Gasteiger partial charge in [0.05, 0.1) is 6.54 Å². The molecule has 0 aliphatic heterocycles. The molecule has 0 spiro atoms. The number of thioether (sulfide) groups is 1. The van der Waals surface area contributed by atoms with Crippen LogP contribution in [0.25, 0.3) is 0 Å². The van der Waals surface area contributed by atoms with Gasteiger partial charge in [-0.2, -0.15) is 0 Å². The monoisotopic (exact) mass is 328 g/mol. The van der Waals surface area contributed by atoms with Gasteiger partial charge in [-0.15, -0.1) is 11.8 Å². The molecule has 2 rings (SSSR count). The summed E-state index contributed by atoms with van der Waals surface area (Å²) < 4.78 is 0. The molecule has 0 atom stereocenters. The van der Waals surface area contributed by atoms with Crippen LogP contribution in [-0.2, 0) is 4.79 Å². The van der Waals surface area contributed by atoms with E-state index < -0.39 is 0 Å². The van der Waals surface area contributed by atoms with Crippen molar-refractivity contribution in [3.63, 3.8) is 0 Å². The SMILES string of the molecule is CSc1cccc(NC(=O)CNC(=O)c2cc(C)cc(C)c2)c1. The van der Waals surface area contributed by atoms with Crippen LogP contribution in [0.15, 0.2) is 47.4 Å². The Labute approximate surface area is 140 Å². The second-order valence-corrected chi connectivity index (χ2v) is 6.22. The number of rotatable bonds is 5. The zero-order valence-corrected chi connectivity index (χ0v) is 14.3. The summed E-state index contributed by atoms with van der Waals surface area (Å²) in [7, 11) is 0. The van der Waals surface area contributed by atoms with Crippen LogP contribution in [0.1, 0.15) is 21.5 Å². The van der Waals surface area contributed by atoms with Crippen molar-refractivity contribution in [3.05, 3.63) is 59.2 Å². The highest BCUT2D eigenvalue weighted by atomic mass is 32.2. The lowest BCUT2D eigenvalue weighted by atomic mass is 10.1. The maximum atomic E-state index is 12.1. The molecule has 5 heteroatoms. The van der Waals surface area contributed by atoms with E-state index >= 15 is 0 Å². The molecule has 2 aromatic carbocycles. The van der Waals surface area contributed by atoms with Crippen LogP contribution in [0.4, 0.5) is 5.69 Å². The van der Waals surface area contributed by atoms with Gasteiger partial charge in [0.15, 0.2) is 0 Å². The zero-order chi connectivity index (χ0) is 16.8. The number of nitrogens with one attached hydrogen (secondary N) is 2. The number of hydrogen-bond donors (Lipinski definition) is 2. The second-order valence-electron chi connectivity index (χ2n) is 5.34. The predicted molar refractivity (Wildman–Crippen MR) is 95.1 cm³/mol. The van der Waals surface area contributed by atoms with Crippen molar-refractivity contribution >= 4 is 29.3 Å². The molecule has 0 fully saturated rings. The quantitative estimate of drug-likeness (QED) is 0.827. The van der Waals surface area contributed by atoms with Crippen LogP contribution in [0.5, 0.6) is 0 Å². The van der Waals surface area contributed by atoms with Crippen LogP contribution in [0.3, 0.4) is 0 Å². The van der Waals surface area contributed by atoms with Crippen LogP contribution in [-0.4, -0.2) is 24.6 Å². The Balaban J connectivity index is 1.92. The van der Waals surface area contributed by atoms with Crippen LogP contribution in [0, 0.1) is 13.8 Å². The fourth-order valence-electron chi connectivity index (χ4n) is 2.27. The van der Waals surface area contributed by atoms with Gasteiger partial charge in [-0.3, -0.25) is 9.59 Å². The van der Waals surface area contributed by atoms with E-state index in [1.54, 1.807) is 11.8 Å². The molecule has 0 saturated heterocycles. The first-order chi connectivity index (χ1) is 11.0. The van der Waals surface area contributed by atoms with Gasteiger partial charge in [0, 0.05) is 16.1 Å². The topological polar surface area (TPSA) is 58.2 Å². The van der Waals surface area contributed by atoms with Gasteiger partial charge in [0.1, 0.15) is 0 Å². The summed E-state index contributed by atoms with van der Waals surface area (Å²) in [5, 5.41) is 5.43. The summed E-state index contributed by atoms with van der Waals surface area (Å²) >= 11 is 1.61. The molecule has 0 aromatic heterocycles. The minimum Gasteiger partial charge on any atom is -0.343 e. The van der Waals surface area contributed by atoms with Gasteiger partial charge in [0.2, 0.25) is 5.91 Å². The van der Waals surface area contributed by atoms with Crippen LogP contribution < -0.4 is 10.6 Å². The van der Waals surface area contributed by atoms with E-state index in [-0.39, 0.29) is 18.4 Å². The van der Waals surface area contributed by atoms with Crippen molar-refractivity contribution in [1.82, 2.24) is 5.32 Å². The van der Waals surface area contributed by atoms with E-state index in [0.29, 0.717) is 5.56 Å². The minimum atomic E-state index is -0.249. The minimum absolute atomic E-state index is 0.0602. The first-order valence-electron chi connectivity index (χ1n) is 7.28. The maximum absolute atomic E-state index is 12.1. The first kappa shape index (κ1) is 17.1. The Bertz CT molecular complexity index is 708. The highest BCUT2D eigenvalue weighted by molar-refractivity contribution is 7.98. The molecule has 2 amide bonds. The lowest BCUT2D eigenvalue weighted by Gasteiger charge is -2.09. The summed E-state index contributed by atoms with van der Waals surface area (Å²) in [6, 6.07) is 13.2. The number of amides is 2. The van der Waals surface area contributed by atoms with Crippen molar-refractivity contribution in [2.24, 2.45) is 0 Å². The standard InChI is InChI=1S/C18H20N2O2S/c1-12-7-13(2)9-14(8-12)18(22)19-11-17(21)20-15-5-4-6-16(10-15)23-3/h4-10H,11H2,1-3H3,(H,19,22)(H,20,21). The smallest absolute Gasteiger partial charge is 0.251 e. The third kappa shape index (κ3) is 5.14. The molecule has 0 aliphatic carbocycles. The van der Waals surface area contributed by atoms with Crippen molar-refractivity contribution in [2.45, 2.75) is 18.7 Å². The highest BCUT2D eigenvalue weighted by Crippen LogP contribution is 2.18. The van der Waals surface area contributed by atoms with Gasteiger partial charge >= 0.3 is 0 Å². The van der Waals surface area contributed by atoms with Crippen molar-refractivity contribution in [1.29, 1.82) is 0 Å². The lowest BCUT2D eigenvalue weighted by molar-refractivity contribution is -0.115. The van der Waals surface area contributed by atoms with Gasteiger partial charge in [-0.1, -0.05) is 23.3 Å². The molecule has 0 unspecified atom stereocenters. The zero-order valence-electron chi connectivity index (χ0n) is 13.5. The number of carbonyl (C=O) groups is 2. The average Bonchev–Trinajstić information content (AvgIpc) is 2.51.